The Morgan fingerprint density at radius 2 is 1.88 bits per heavy atom. The second-order valence-electron chi connectivity index (χ2n) is 5.15. The van der Waals surface area contributed by atoms with Crippen LogP contribution in [0.25, 0.3) is 6.08 Å². The van der Waals surface area contributed by atoms with E-state index in [4.69, 9.17) is 14.6 Å². The molecule has 8 nitrogen and oxygen atoms in total. The second-order valence-corrected chi connectivity index (χ2v) is 6.00. The van der Waals surface area contributed by atoms with Gasteiger partial charge in [-0.15, -0.1) is 0 Å². The molecule has 1 aliphatic heterocycles. The number of hydrogen-bond donors (Lipinski definition) is 5. The molecule has 0 bridgehead atoms. The molecule has 0 amide bonds. The third-order valence-corrected chi connectivity index (χ3v) is 4.22. The zero-order chi connectivity index (χ0) is 17.9. The molecule has 0 unspecified atom stereocenters. The van der Waals surface area contributed by atoms with Crippen molar-refractivity contribution in [1.29, 1.82) is 0 Å². The Hall–Kier alpha value is -1.49. The molecule has 1 fully saturated rings. The number of aliphatic carboxylic acids is 1. The van der Waals surface area contributed by atoms with Crippen molar-refractivity contribution in [2.75, 3.05) is 6.61 Å². The SMILES string of the molecule is O=C(O)/C(=C/c1ccccc1Br)O[C@H]1O[C@@H](CO)[C@H](O)[C@@H](O)[C@@H]1O. The molecule has 0 aromatic heterocycles. The number of ether oxygens (including phenoxy) is 2. The first-order valence-corrected chi connectivity index (χ1v) is 7.81. The molecule has 0 spiro atoms. The number of carboxylic acids is 1. The van der Waals surface area contributed by atoms with E-state index in [0.717, 1.165) is 0 Å². The summed E-state index contributed by atoms with van der Waals surface area (Å²) in [5.41, 5.74) is 0.513. The van der Waals surface area contributed by atoms with Crippen LogP contribution in [0.2, 0.25) is 0 Å². The molecule has 9 heteroatoms. The van der Waals surface area contributed by atoms with Crippen LogP contribution in [0.5, 0.6) is 0 Å². The maximum absolute atomic E-state index is 11.4. The number of rotatable bonds is 5. The second kappa shape index (κ2) is 8.06. The summed E-state index contributed by atoms with van der Waals surface area (Å²) in [5.74, 6) is -1.95. The minimum atomic E-state index is -1.69. The van der Waals surface area contributed by atoms with Crippen LogP contribution in [0.3, 0.4) is 0 Å². The van der Waals surface area contributed by atoms with Crippen molar-refractivity contribution in [3.8, 4) is 0 Å². The Labute approximate surface area is 145 Å². The van der Waals surface area contributed by atoms with Crippen molar-refractivity contribution in [2.45, 2.75) is 30.7 Å². The fourth-order valence-electron chi connectivity index (χ4n) is 2.17. The number of carbonyl (C=O) groups is 1. The molecule has 1 saturated heterocycles. The summed E-state index contributed by atoms with van der Waals surface area (Å²) < 4.78 is 10.9. The topological polar surface area (TPSA) is 137 Å². The summed E-state index contributed by atoms with van der Waals surface area (Å²) >= 11 is 3.27. The van der Waals surface area contributed by atoms with E-state index in [-0.39, 0.29) is 0 Å². The van der Waals surface area contributed by atoms with E-state index in [0.29, 0.717) is 10.0 Å². The van der Waals surface area contributed by atoms with Crippen LogP contribution >= 0.6 is 15.9 Å². The molecular weight excluding hydrogens is 388 g/mol. The monoisotopic (exact) mass is 404 g/mol. The normalized spacial score (nSPS) is 30.9. The van der Waals surface area contributed by atoms with Crippen molar-refractivity contribution < 1.29 is 39.8 Å². The van der Waals surface area contributed by atoms with E-state index in [1.54, 1.807) is 24.3 Å². The zero-order valence-corrected chi connectivity index (χ0v) is 13.9. The molecule has 0 radical (unpaired) electrons. The van der Waals surface area contributed by atoms with Gasteiger partial charge in [-0.2, -0.15) is 0 Å². The summed E-state index contributed by atoms with van der Waals surface area (Å²) in [5, 5.41) is 47.7. The van der Waals surface area contributed by atoms with Crippen LogP contribution in [0, 0.1) is 0 Å². The number of hydrogen-bond acceptors (Lipinski definition) is 7. The highest BCUT2D eigenvalue weighted by Gasteiger charge is 2.45. The Morgan fingerprint density at radius 1 is 1.21 bits per heavy atom. The van der Waals surface area contributed by atoms with Gasteiger partial charge in [0.25, 0.3) is 0 Å². The Bertz CT molecular complexity index is 617. The van der Waals surface area contributed by atoms with Gasteiger partial charge in [0.2, 0.25) is 12.0 Å². The quantitative estimate of drug-likeness (QED) is 0.333. The largest absolute Gasteiger partial charge is 0.475 e. The molecule has 0 aliphatic carbocycles. The first kappa shape index (κ1) is 18.8. The predicted octanol–water partition coefficient (Wildman–Crippen LogP) is -0.309. The molecule has 2 rings (SSSR count). The van der Waals surface area contributed by atoms with Crippen molar-refractivity contribution >= 4 is 28.0 Å². The smallest absolute Gasteiger partial charge is 0.371 e. The summed E-state index contributed by atoms with van der Waals surface area (Å²) in [6.45, 7) is -0.638. The Balaban J connectivity index is 2.24. The van der Waals surface area contributed by atoms with Crippen LogP contribution in [-0.2, 0) is 14.3 Å². The highest BCUT2D eigenvalue weighted by atomic mass is 79.9. The van der Waals surface area contributed by atoms with Crippen molar-refractivity contribution in [2.24, 2.45) is 0 Å². The molecule has 132 valence electrons. The number of carboxylic acid groups (broad SMARTS) is 1. The Kier molecular flexibility index (Phi) is 6.33. The van der Waals surface area contributed by atoms with Crippen molar-refractivity contribution in [3.05, 3.63) is 40.1 Å². The van der Waals surface area contributed by atoms with Crippen molar-refractivity contribution in [3.63, 3.8) is 0 Å². The van der Waals surface area contributed by atoms with Crippen LogP contribution < -0.4 is 0 Å². The van der Waals surface area contributed by atoms with Gasteiger partial charge >= 0.3 is 5.97 Å². The van der Waals surface area contributed by atoms with E-state index < -0.39 is 49.0 Å². The van der Waals surface area contributed by atoms with Crippen LogP contribution in [0.1, 0.15) is 5.56 Å². The summed E-state index contributed by atoms with van der Waals surface area (Å²) in [6.07, 6.45) is -6.43. The zero-order valence-electron chi connectivity index (χ0n) is 12.3. The average Bonchev–Trinajstić information content (AvgIpc) is 2.56. The van der Waals surface area contributed by atoms with E-state index >= 15 is 0 Å². The van der Waals surface area contributed by atoms with Crippen molar-refractivity contribution in [1.82, 2.24) is 0 Å². The molecule has 24 heavy (non-hydrogen) atoms. The summed E-state index contributed by atoms with van der Waals surface area (Å²) in [6, 6.07) is 6.80. The van der Waals surface area contributed by atoms with Gasteiger partial charge < -0.3 is 35.0 Å². The lowest BCUT2D eigenvalue weighted by molar-refractivity contribution is -0.291. The predicted molar refractivity (Wildman–Crippen MR) is 84.6 cm³/mol. The third-order valence-electron chi connectivity index (χ3n) is 3.49. The van der Waals surface area contributed by atoms with Crippen LogP contribution in [0.4, 0.5) is 0 Å². The molecular formula is C15H17BrO8. The van der Waals surface area contributed by atoms with Gasteiger partial charge in [0.05, 0.1) is 6.61 Å². The third kappa shape index (κ3) is 4.12. The number of aliphatic hydroxyl groups excluding tert-OH is 4. The lowest BCUT2D eigenvalue weighted by Crippen LogP contribution is -2.59. The lowest BCUT2D eigenvalue weighted by atomic mass is 9.99. The Morgan fingerprint density at radius 3 is 2.46 bits per heavy atom. The van der Waals surface area contributed by atoms with E-state index in [1.165, 1.54) is 6.08 Å². The molecule has 1 heterocycles. The maximum atomic E-state index is 11.4. The van der Waals surface area contributed by atoms with E-state index in [1.807, 2.05) is 0 Å². The standard InChI is InChI=1S/C15H17BrO8/c16-8-4-2-1-3-7(8)5-9(14(21)22)23-15-13(20)12(19)11(18)10(6-17)24-15/h1-5,10-13,15,17-20H,6H2,(H,21,22)/b9-5-/t10-,11-,12+,13-,15-/m0/s1. The van der Waals surface area contributed by atoms with E-state index in [9.17, 15) is 25.2 Å². The molecule has 1 aromatic carbocycles. The molecule has 5 N–H and O–H groups in total. The molecule has 5 atom stereocenters. The number of halogens is 1. The number of benzene rings is 1. The van der Waals surface area contributed by atoms with Gasteiger partial charge in [0.15, 0.2) is 0 Å². The lowest BCUT2D eigenvalue weighted by Gasteiger charge is -2.39. The fourth-order valence-corrected chi connectivity index (χ4v) is 2.57. The molecule has 1 aromatic rings. The van der Waals surface area contributed by atoms with Crippen LogP contribution in [-0.4, -0.2) is 68.8 Å². The van der Waals surface area contributed by atoms with Gasteiger partial charge in [-0.25, -0.2) is 4.79 Å². The minimum absolute atomic E-state index is 0.513. The van der Waals surface area contributed by atoms with Gasteiger partial charge in [-0.3, -0.25) is 0 Å². The molecule has 1 aliphatic rings. The highest BCUT2D eigenvalue weighted by Crippen LogP contribution is 2.25. The van der Waals surface area contributed by atoms with Gasteiger partial charge in [0.1, 0.15) is 24.4 Å². The number of aliphatic hydroxyl groups is 4. The first-order valence-electron chi connectivity index (χ1n) is 7.02. The molecule has 0 saturated carbocycles. The summed E-state index contributed by atoms with van der Waals surface area (Å²) in [4.78, 5) is 11.4. The van der Waals surface area contributed by atoms with Crippen LogP contribution in [0.15, 0.2) is 34.5 Å². The highest BCUT2D eigenvalue weighted by molar-refractivity contribution is 9.10. The van der Waals surface area contributed by atoms with Gasteiger partial charge in [0, 0.05) is 4.47 Å². The van der Waals surface area contributed by atoms with Gasteiger partial charge in [-0.05, 0) is 17.7 Å². The maximum Gasteiger partial charge on any atom is 0.371 e. The summed E-state index contributed by atoms with van der Waals surface area (Å²) in [7, 11) is 0. The fraction of sp³-hybridized carbons (Fsp3) is 0.400. The average molecular weight is 405 g/mol. The minimum Gasteiger partial charge on any atom is -0.475 e. The first-order chi connectivity index (χ1) is 11.3. The van der Waals surface area contributed by atoms with E-state index in [2.05, 4.69) is 15.9 Å². The van der Waals surface area contributed by atoms with Gasteiger partial charge in [-0.1, -0.05) is 34.1 Å².